The molecule has 9 nitrogen and oxygen atoms in total. The number of sulfonamides is 1. The highest BCUT2D eigenvalue weighted by atomic mass is 32.2. The molecule has 0 radical (unpaired) electrons. The Morgan fingerprint density at radius 1 is 1.21 bits per heavy atom. The van der Waals surface area contributed by atoms with Crippen molar-refractivity contribution in [3.8, 4) is 0 Å². The predicted molar refractivity (Wildman–Crippen MR) is 99.5 cm³/mol. The van der Waals surface area contributed by atoms with Crippen LogP contribution in [-0.4, -0.2) is 68.0 Å². The van der Waals surface area contributed by atoms with Gasteiger partial charge < -0.3 is 10.1 Å². The van der Waals surface area contributed by atoms with Crippen LogP contribution in [0.25, 0.3) is 0 Å². The molecule has 0 spiro atoms. The molecule has 3 amide bonds. The summed E-state index contributed by atoms with van der Waals surface area (Å²) in [6.07, 6.45) is 1.28. The number of imide groups is 1. The van der Waals surface area contributed by atoms with E-state index in [1.54, 1.807) is 0 Å². The smallest absolute Gasteiger partial charge is 0.417 e. The lowest BCUT2D eigenvalue weighted by molar-refractivity contribution is -0.129. The van der Waals surface area contributed by atoms with Crippen LogP contribution >= 0.6 is 0 Å². The largest absolute Gasteiger partial charge is 0.439 e. The Kier molecular flexibility index (Phi) is 5.99. The maximum atomic E-state index is 12.8. The van der Waals surface area contributed by atoms with Gasteiger partial charge in [0.25, 0.3) is 5.91 Å². The van der Waals surface area contributed by atoms with E-state index in [2.05, 4.69) is 5.32 Å². The van der Waals surface area contributed by atoms with E-state index >= 15 is 0 Å². The molecule has 0 aliphatic carbocycles. The van der Waals surface area contributed by atoms with Crippen LogP contribution in [0.4, 0.5) is 4.79 Å². The average Bonchev–Trinajstić information content (AvgIpc) is 2.99. The van der Waals surface area contributed by atoms with Crippen LogP contribution in [0.5, 0.6) is 0 Å². The first kappa shape index (κ1) is 20.3. The van der Waals surface area contributed by atoms with Crippen molar-refractivity contribution in [2.24, 2.45) is 5.92 Å². The number of piperidine rings is 1. The molecule has 0 saturated carbocycles. The summed E-state index contributed by atoms with van der Waals surface area (Å²) in [7, 11) is -3.26. The van der Waals surface area contributed by atoms with Gasteiger partial charge >= 0.3 is 6.09 Å². The van der Waals surface area contributed by atoms with Crippen LogP contribution in [0.15, 0.2) is 30.3 Å². The van der Waals surface area contributed by atoms with Gasteiger partial charge in [-0.3, -0.25) is 9.59 Å². The Morgan fingerprint density at radius 2 is 1.86 bits per heavy atom. The van der Waals surface area contributed by atoms with E-state index in [-0.39, 0.29) is 25.0 Å². The topological polar surface area (TPSA) is 113 Å². The van der Waals surface area contributed by atoms with Gasteiger partial charge in [-0.25, -0.2) is 22.4 Å². The molecule has 2 fully saturated rings. The molecule has 10 heteroatoms. The predicted octanol–water partition coefficient (Wildman–Crippen LogP) is 0.494. The number of benzene rings is 1. The molecule has 1 N–H and O–H groups in total. The third-order valence-corrected chi connectivity index (χ3v) is 6.32. The number of hydrogen-bond acceptors (Lipinski definition) is 6. The minimum atomic E-state index is -3.26. The van der Waals surface area contributed by atoms with Gasteiger partial charge in [0.1, 0.15) is 0 Å². The molecule has 2 saturated heterocycles. The highest BCUT2D eigenvalue weighted by molar-refractivity contribution is 7.88. The molecule has 3 rings (SSSR count). The maximum Gasteiger partial charge on any atom is 0.417 e. The summed E-state index contributed by atoms with van der Waals surface area (Å²) in [6, 6.07) is 8.49. The molecule has 28 heavy (non-hydrogen) atoms. The number of carbonyl (C=O) groups excluding carboxylic acids is 3. The summed E-state index contributed by atoms with van der Waals surface area (Å²) in [4.78, 5) is 37.4. The minimum absolute atomic E-state index is 0.0182. The molecule has 152 valence electrons. The third-order valence-electron chi connectivity index (χ3n) is 5.02. The highest BCUT2D eigenvalue weighted by Crippen LogP contribution is 2.22. The molecule has 1 aromatic rings. The molecule has 0 bridgehead atoms. The van der Waals surface area contributed by atoms with E-state index in [1.165, 1.54) is 4.31 Å². The van der Waals surface area contributed by atoms with Crippen molar-refractivity contribution in [2.45, 2.75) is 18.9 Å². The van der Waals surface area contributed by atoms with Crippen molar-refractivity contribution in [1.29, 1.82) is 0 Å². The Morgan fingerprint density at radius 3 is 2.39 bits per heavy atom. The fourth-order valence-corrected chi connectivity index (χ4v) is 4.27. The first-order valence-corrected chi connectivity index (χ1v) is 10.9. The van der Waals surface area contributed by atoms with Gasteiger partial charge in [0.05, 0.1) is 18.8 Å². The lowest BCUT2D eigenvalue weighted by atomic mass is 9.96. The number of amides is 3. The summed E-state index contributed by atoms with van der Waals surface area (Å²) in [5.41, 5.74) is 0.761. The van der Waals surface area contributed by atoms with Crippen LogP contribution in [0.2, 0.25) is 0 Å². The first-order valence-electron chi connectivity index (χ1n) is 9.03. The molecule has 0 unspecified atom stereocenters. The first-order chi connectivity index (χ1) is 13.3. The maximum absolute atomic E-state index is 12.8. The normalized spacial score (nSPS) is 20.1. The van der Waals surface area contributed by atoms with E-state index in [0.29, 0.717) is 25.9 Å². The summed E-state index contributed by atoms with van der Waals surface area (Å²) in [5.74, 6) is -0.992. The van der Waals surface area contributed by atoms with Crippen LogP contribution in [-0.2, 0) is 24.3 Å². The minimum Gasteiger partial charge on any atom is -0.439 e. The van der Waals surface area contributed by atoms with Crippen molar-refractivity contribution in [1.82, 2.24) is 14.5 Å². The van der Waals surface area contributed by atoms with Crippen molar-refractivity contribution in [2.75, 3.05) is 32.5 Å². The number of hydrogen-bond donors (Lipinski definition) is 1. The van der Waals surface area contributed by atoms with Gasteiger partial charge in [-0.15, -0.1) is 0 Å². The fraction of sp³-hybridized carbons (Fsp3) is 0.500. The summed E-state index contributed by atoms with van der Waals surface area (Å²) in [5, 5.41) is 2.92. The zero-order chi connectivity index (χ0) is 20.3. The van der Waals surface area contributed by atoms with Crippen molar-refractivity contribution in [3.05, 3.63) is 35.9 Å². The highest BCUT2D eigenvalue weighted by Gasteiger charge is 2.35. The van der Waals surface area contributed by atoms with E-state index < -0.39 is 28.1 Å². The second-order valence-corrected chi connectivity index (χ2v) is 8.95. The van der Waals surface area contributed by atoms with E-state index in [4.69, 9.17) is 4.74 Å². The van der Waals surface area contributed by atoms with Gasteiger partial charge in [0.15, 0.2) is 6.61 Å². The Labute approximate surface area is 163 Å². The molecule has 1 atom stereocenters. The van der Waals surface area contributed by atoms with Gasteiger partial charge in [-0.1, -0.05) is 30.3 Å². The zero-order valence-electron chi connectivity index (χ0n) is 15.5. The quantitative estimate of drug-likeness (QED) is 0.732. The lowest BCUT2D eigenvalue weighted by Gasteiger charge is -2.31. The number of ether oxygens (including phenoxy) is 1. The Hall–Kier alpha value is -2.46. The molecular formula is C18H23N3O6S. The van der Waals surface area contributed by atoms with E-state index in [9.17, 15) is 22.8 Å². The number of nitrogens with one attached hydrogen (secondary N) is 1. The molecule has 2 aliphatic rings. The molecular weight excluding hydrogens is 386 g/mol. The van der Waals surface area contributed by atoms with E-state index in [0.717, 1.165) is 16.7 Å². The molecule has 1 aromatic carbocycles. The van der Waals surface area contributed by atoms with Crippen molar-refractivity contribution in [3.63, 3.8) is 0 Å². The fourth-order valence-electron chi connectivity index (χ4n) is 3.40. The average molecular weight is 409 g/mol. The van der Waals surface area contributed by atoms with Crippen molar-refractivity contribution < 1.29 is 27.5 Å². The third kappa shape index (κ3) is 4.68. The standard InChI is InChI=1S/C18H23N3O6S/c1-28(25,26)20-9-7-14(8-10-20)17(23)19-15(13-5-3-2-4-6-13)11-21-16(22)12-27-18(21)24/h2-6,14-15H,7-12H2,1H3,(H,19,23)/t15-/m0/s1. The van der Waals surface area contributed by atoms with Crippen LogP contribution in [0, 0.1) is 5.92 Å². The van der Waals surface area contributed by atoms with Crippen molar-refractivity contribution >= 4 is 27.9 Å². The number of rotatable bonds is 6. The van der Waals surface area contributed by atoms with E-state index in [1.807, 2.05) is 30.3 Å². The summed E-state index contributed by atoms with van der Waals surface area (Å²) < 4.78 is 29.4. The van der Waals surface area contributed by atoms with Gasteiger partial charge in [-0.2, -0.15) is 0 Å². The van der Waals surface area contributed by atoms with Gasteiger partial charge in [-0.05, 0) is 18.4 Å². The SMILES string of the molecule is CS(=O)(=O)N1CCC(C(=O)N[C@@H](CN2C(=O)COC2=O)c2ccccc2)CC1. The van der Waals surface area contributed by atoms with Gasteiger partial charge in [0.2, 0.25) is 15.9 Å². The number of cyclic esters (lactones) is 1. The monoisotopic (exact) mass is 409 g/mol. The molecule has 0 aromatic heterocycles. The van der Waals surface area contributed by atoms with Crippen LogP contribution in [0.3, 0.4) is 0 Å². The molecule has 2 aliphatic heterocycles. The van der Waals surface area contributed by atoms with Crippen LogP contribution in [0.1, 0.15) is 24.4 Å². The molecule has 2 heterocycles. The summed E-state index contributed by atoms with van der Waals surface area (Å²) in [6.45, 7) is 0.279. The lowest BCUT2D eigenvalue weighted by Crippen LogP contribution is -2.45. The Balaban J connectivity index is 1.68. The second-order valence-electron chi connectivity index (χ2n) is 6.97. The number of nitrogens with zero attached hydrogens (tertiary/aromatic N) is 2. The van der Waals surface area contributed by atoms with Crippen LogP contribution < -0.4 is 5.32 Å². The Bertz CT molecular complexity index is 833. The number of carbonyl (C=O) groups is 3. The zero-order valence-corrected chi connectivity index (χ0v) is 16.4. The second kappa shape index (κ2) is 8.27. The summed E-state index contributed by atoms with van der Waals surface area (Å²) >= 11 is 0. The van der Waals surface area contributed by atoms with Gasteiger partial charge in [0, 0.05) is 19.0 Å².